The molecule has 0 bridgehead atoms. The Bertz CT molecular complexity index is 898. The van der Waals surface area contributed by atoms with E-state index in [1.54, 1.807) is 4.90 Å². The number of rotatable bonds is 5. The predicted molar refractivity (Wildman–Crippen MR) is 119 cm³/mol. The zero-order valence-corrected chi connectivity index (χ0v) is 18.5. The lowest BCUT2D eigenvalue weighted by Gasteiger charge is -2.47. The predicted octanol–water partition coefficient (Wildman–Crippen LogP) is 2.73. The van der Waals surface area contributed by atoms with Gasteiger partial charge in [-0.3, -0.25) is 14.6 Å². The van der Waals surface area contributed by atoms with E-state index < -0.39 is 0 Å². The number of anilines is 1. The first-order valence-electron chi connectivity index (χ1n) is 10.5. The molecule has 1 aromatic carbocycles. The van der Waals surface area contributed by atoms with Crippen LogP contribution in [-0.4, -0.2) is 65.0 Å². The van der Waals surface area contributed by atoms with Crippen LogP contribution in [0.1, 0.15) is 31.5 Å². The molecule has 30 heavy (non-hydrogen) atoms. The summed E-state index contributed by atoms with van der Waals surface area (Å²) in [5, 5.41) is 5.40. The van der Waals surface area contributed by atoms with E-state index in [1.807, 2.05) is 16.3 Å². The Balaban J connectivity index is 1.35. The summed E-state index contributed by atoms with van der Waals surface area (Å²) in [5.74, 6) is 0.0994. The largest absolute Gasteiger partial charge is 0.339 e. The maximum atomic E-state index is 12.9. The van der Waals surface area contributed by atoms with Gasteiger partial charge in [0.15, 0.2) is 5.13 Å². The lowest BCUT2D eigenvalue weighted by Crippen LogP contribution is -2.60. The van der Waals surface area contributed by atoms with Crippen molar-refractivity contribution in [2.24, 2.45) is 0 Å². The van der Waals surface area contributed by atoms with E-state index in [0.29, 0.717) is 24.8 Å². The van der Waals surface area contributed by atoms with Crippen LogP contribution in [0.15, 0.2) is 35.7 Å². The van der Waals surface area contributed by atoms with E-state index in [1.165, 1.54) is 16.9 Å². The number of nitrogens with one attached hydrogen (secondary N) is 1. The molecule has 2 aliphatic rings. The summed E-state index contributed by atoms with van der Waals surface area (Å²) >= 11 is 1.42. The van der Waals surface area contributed by atoms with Crippen LogP contribution in [-0.2, 0) is 17.8 Å². The summed E-state index contributed by atoms with van der Waals surface area (Å²) < 4.78 is 0. The Morgan fingerprint density at radius 1 is 1.20 bits per heavy atom. The monoisotopic (exact) mass is 427 g/mol. The van der Waals surface area contributed by atoms with Crippen LogP contribution >= 0.6 is 11.3 Å². The Kier molecular flexibility index (Phi) is 6.06. The zero-order chi connectivity index (χ0) is 21.1. The number of hydrogen-bond acceptors (Lipinski definition) is 5. The molecule has 1 aromatic heterocycles. The minimum absolute atomic E-state index is 0.0944. The number of carbonyl (C=O) groups is 2. The molecule has 0 aliphatic carbocycles. The number of hydrogen-bond donors (Lipinski definition) is 1. The molecule has 0 spiro atoms. The summed E-state index contributed by atoms with van der Waals surface area (Å²) in [6.07, 6.45) is 1.18. The molecule has 3 heterocycles. The van der Waals surface area contributed by atoms with E-state index in [4.69, 9.17) is 0 Å². The summed E-state index contributed by atoms with van der Waals surface area (Å²) in [7, 11) is 0. The summed E-state index contributed by atoms with van der Waals surface area (Å²) in [6, 6.07) is 10.4. The van der Waals surface area contributed by atoms with Gasteiger partial charge in [-0.05, 0) is 25.8 Å². The molecule has 8 heteroatoms. The van der Waals surface area contributed by atoms with Gasteiger partial charge in [0.1, 0.15) is 0 Å². The molecular formula is C22H29N5O2S. The van der Waals surface area contributed by atoms with Crippen molar-refractivity contribution in [1.82, 2.24) is 20.1 Å². The van der Waals surface area contributed by atoms with Gasteiger partial charge in [-0.2, -0.15) is 0 Å². The van der Waals surface area contributed by atoms with Crippen LogP contribution in [0.5, 0.6) is 0 Å². The van der Waals surface area contributed by atoms with Gasteiger partial charge in [-0.15, -0.1) is 11.3 Å². The minimum atomic E-state index is -0.107. The molecule has 3 amide bonds. The summed E-state index contributed by atoms with van der Waals surface area (Å²) in [6.45, 7) is 8.94. The van der Waals surface area contributed by atoms with Crippen molar-refractivity contribution < 1.29 is 9.59 Å². The highest BCUT2D eigenvalue weighted by molar-refractivity contribution is 7.14. The van der Waals surface area contributed by atoms with E-state index >= 15 is 0 Å². The quantitative estimate of drug-likeness (QED) is 0.797. The zero-order valence-electron chi connectivity index (χ0n) is 17.6. The normalized spacial score (nSPS) is 19.6. The maximum Gasteiger partial charge on any atom is 0.323 e. The molecule has 4 rings (SSSR count). The molecule has 0 saturated carbocycles. The van der Waals surface area contributed by atoms with Crippen molar-refractivity contribution in [3.63, 3.8) is 0 Å². The van der Waals surface area contributed by atoms with Gasteiger partial charge in [-0.1, -0.05) is 30.3 Å². The molecule has 0 radical (unpaired) electrons. The number of nitrogens with zero attached hydrogens (tertiary/aromatic N) is 4. The highest BCUT2D eigenvalue weighted by Gasteiger charge is 2.35. The lowest BCUT2D eigenvalue weighted by atomic mass is 9.97. The fourth-order valence-electron chi connectivity index (χ4n) is 4.08. The van der Waals surface area contributed by atoms with Crippen LogP contribution < -0.4 is 10.2 Å². The second kappa shape index (κ2) is 8.73. The second-order valence-electron chi connectivity index (χ2n) is 8.57. The number of benzene rings is 1. The van der Waals surface area contributed by atoms with E-state index in [0.717, 1.165) is 31.7 Å². The Labute approximate surface area is 181 Å². The Morgan fingerprint density at radius 3 is 2.73 bits per heavy atom. The number of thiazole rings is 1. The van der Waals surface area contributed by atoms with Gasteiger partial charge in [0, 0.05) is 50.2 Å². The molecule has 2 aromatic rings. The standard InChI is InChI=1S/C22H29N5O2S/c1-22(2)16-25(11-12-26(22)14-17-7-4-3-5-8-17)19(28)13-18-15-30-21(24-18)27-10-6-9-23-20(27)29/h3-5,7-8,15H,6,9-14,16H2,1-2H3,(H,23,29). The van der Waals surface area contributed by atoms with Crippen molar-refractivity contribution in [2.75, 3.05) is 37.6 Å². The second-order valence-corrected chi connectivity index (χ2v) is 9.41. The van der Waals surface area contributed by atoms with Crippen molar-refractivity contribution in [1.29, 1.82) is 0 Å². The number of aromatic nitrogens is 1. The Morgan fingerprint density at radius 2 is 2.00 bits per heavy atom. The average Bonchev–Trinajstić information content (AvgIpc) is 3.18. The highest BCUT2D eigenvalue weighted by atomic mass is 32.1. The van der Waals surface area contributed by atoms with Crippen LogP contribution in [0.4, 0.5) is 9.93 Å². The molecule has 2 aliphatic heterocycles. The van der Waals surface area contributed by atoms with Crippen LogP contribution in [0.2, 0.25) is 0 Å². The third-order valence-electron chi connectivity index (χ3n) is 5.83. The third kappa shape index (κ3) is 4.65. The first-order valence-corrected chi connectivity index (χ1v) is 11.4. The molecule has 0 unspecified atom stereocenters. The molecule has 2 saturated heterocycles. The van der Waals surface area contributed by atoms with E-state index in [9.17, 15) is 9.59 Å². The lowest BCUT2D eigenvalue weighted by molar-refractivity contribution is -0.135. The molecule has 7 nitrogen and oxygen atoms in total. The van der Waals surface area contributed by atoms with Crippen molar-refractivity contribution >= 4 is 28.4 Å². The van der Waals surface area contributed by atoms with E-state index in [2.05, 4.69) is 53.3 Å². The summed E-state index contributed by atoms with van der Waals surface area (Å²) in [4.78, 5) is 35.6. The van der Waals surface area contributed by atoms with Gasteiger partial charge < -0.3 is 10.2 Å². The SMILES string of the molecule is CC1(C)CN(C(=O)Cc2csc(N3CCCNC3=O)n2)CCN1Cc1ccccc1. The van der Waals surface area contributed by atoms with Crippen LogP contribution in [0.3, 0.4) is 0 Å². The van der Waals surface area contributed by atoms with Gasteiger partial charge >= 0.3 is 6.03 Å². The van der Waals surface area contributed by atoms with Crippen LogP contribution in [0.25, 0.3) is 0 Å². The smallest absolute Gasteiger partial charge is 0.323 e. The number of urea groups is 1. The van der Waals surface area contributed by atoms with Crippen molar-refractivity contribution in [2.45, 2.75) is 38.8 Å². The van der Waals surface area contributed by atoms with Crippen LogP contribution in [0, 0.1) is 0 Å². The molecule has 1 N–H and O–H groups in total. The topological polar surface area (TPSA) is 68.8 Å². The highest BCUT2D eigenvalue weighted by Crippen LogP contribution is 2.25. The number of piperazine rings is 1. The van der Waals surface area contributed by atoms with Crippen molar-refractivity contribution in [3.05, 3.63) is 47.0 Å². The minimum Gasteiger partial charge on any atom is -0.339 e. The molecule has 2 fully saturated rings. The molecule has 160 valence electrons. The fourth-order valence-corrected chi connectivity index (χ4v) is 4.93. The van der Waals surface area contributed by atoms with Gasteiger partial charge in [-0.25, -0.2) is 9.78 Å². The van der Waals surface area contributed by atoms with Gasteiger partial charge in [0.05, 0.1) is 12.1 Å². The molecule has 0 atom stereocenters. The van der Waals surface area contributed by atoms with Crippen molar-refractivity contribution in [3.8, 4) is 0 Å². The first kappa shape index (κ1) is 20.8. The fraction of sp³-hybridized carbons (Fsp3) is 0.500. The number of carbonyl (C=O) groups excluding carboxylic acids is 2. The molecular weight excluding hydrogens is 398 g/mol. The van der Waals surface area contributed by atoms with E-state index in [-0.39, 0.29) is 23.9 Å². The third-order valence-corrected chi connectivity index (χ3v) is 6.74. The maximum absolute atomic E-state index is 12.9. The first-order chi connectivity index (χ1) is 14.4. The average molecular weight is 428 g/mol. The Hall–Kier alpha value is -2.45. The summed E-state index contributed by atoms with van der Waals surface area (Å²) in [5.41, 5.74) is 1.94. The van der Waals surface area contributed by atoms with Gasteiger partial charge in [0.25, 0.3) is 0 Å². The van der Waals surface area contributed by atoms with Gasteiger partial charge in [0.2, 0.25) is 5.91 Å². The number of amides is 3.